The number of carbonyl (C=O) groups excluding carboxylic acids is 1. The van der Waals surface area contributed by atoms with Crippen molar-refractivity contribution < 1.29 is 9.53 Å². The maximum absolute atomic E-state index is 10.3. The predicted molar refractivity (Wildman–Crippen MR) is 52.6 cm³/mol. The molecule has 0 fully saturated rings. The predicted octanol–water partition coefficient (Wildman–Crippen LogP) is 2.00. The lowest BCUT2D eigenvalue weighted by atomic mass is 10.2. The van der Waals surface area contributed by atoms with Crippen LogP contribution in [0, 0.1) is 0 Å². The number of carbonyl (C=O) groups is 1. The van der Waals surface area contributed by atoms with Crippen LogP contribution in [-0.4, -0.2) is 12.3 Å². The van der Waals surface area contributed by atoms with Gasteiger partial charge in [0.05, 0.1) is 0 Å². The summed E-state index contributed by atoms with van der Waals surface area (Å²) < 4.78 is 4.63. The fraction of sp³-hybridized carbons (Fsp3) is 0.222. The summed E-state index contributed by atoms with van der Waals surface area (Å²) in [5.74, 6) is 0. The summed E-state index contributed by atoms with van der Waals surface area (Å²) in [5, 5.41) is 0. The van der Waals surface area contributed by atoms with E-state index in [9.17, 15) is 4.79 Å². The Morgan fingerprint density at radius 3 is 2.54 bits per heavy atom. The summed E-state index contributed by atoms with van der Waals surface area (Å²) in [4.78, 5) is 11.5. The largest absolute Gasteiger partial charge is 0.445 e. The van der Waals surface area contributed by atoms with Crippen LogP contribution < -0.4 is 5.73 Å². The van der Waals surface area contributed by atoms with E-state index in [0.29, 0.717) is 0 Å². The first-order valence-corrected chi connectivity index (χ1v) is 5.00. The molecule has 0 bridgehead atoms. The fourth-order valence-electron chi connectivity index (χ4n) is 0.876. The molecule has 1 rings (SSSR count). The molecule has 1 aromatic carbocycles. The average Bonchev–Trinajstić information content (AvgIpc) is 2.15. The molecule has 0 aliphatic rings. The van der Waals surface area contributed by atoms with Crippen LogP contribution in [0.25, 0.3) is 0 Å². The Morgan fingerprint density at radius 2 is 2.08 bits per heavy atom. The molecule has 4 heteroatoms. The van der Waals surface area contributed by atoms with Gasteiger partial charge in [0.25, 0.3) is 0 Å². The third kappa shape index (κ3) is 3.38. The van der Waals surface area contributed by atoms with Crippen molar-refractivity contribution in [3.8, 4) is 0 Å². The summed E-state index contributed by atoms with van der Waals surface area (Å²) in [6, 6.07) is 7.78. The Hall–Kier alpha value is -1.16. The van der Waals surface area contributed by atoms with Crippen molar-refractivity contribution in [1.29, 1.82) is 0 Å². The van der Waals surface area contributed by atoms with Gasteiger partial charge in [-0.25, -0.2) is 4.79 Å². The van der Waals surface area contributed by atoms with Gasteiger partial charge in [0.15, 0.2) is 0 Å². The number of nitrogens with two attached hydrogens (primary N) is 1. The zero-order valence-corrected chi connectivity index (χ0v) is 8.14. The standard InChI is InChI=1S/C9H11NO2S/c1-13-8-4-2-7(3-5-8)6-12-9(10)11/h2-5H,6H2,1H3,(H2,10,11). The number of benzene rings is 1. The zero-order valence-electron chi connectivity index (χ0n) is 7.32. The highest BCUT2D eigenvalue weighted by Crippen LogP contribution is 2.15. The van der Waals surface area contributed by atoms with Crippen LogP contribution in [0.1, 0.15) is 5.56 Å². The molecule has 0 unspecified atom stereocenters. The highest BCUT2D eigenvalue weighted by atomic mass is 32.2. The molecule has 0 spiro atoms. The van der Waals surface area contributed by atoms with E-state index < -0.39 is 6.09 Å². The second-order valence-electron chi connectivity index (χ2n) is 2.46. The fourth-order valence-corrected chi connectivity index (χ4v) is 1.28. The molecule has 0 saturated carbocycles. The molecule has 2 N–H and O–H groups in total. The first kappa shape index (κ1) is 9.92. The van der Waals surface area contributed by atoms with E-state index in [-0.39, 0.29) is 6.61 Å². The number of rotatable bonds is 3. The van der Waals surface area contributed by atoms with Crippen molar-refractivity contribution in [3.63, 3.8) is 0 Å². The summed E-state index contributed by atoms with van der Waals surface area (Å²) >= 11 is 1.67. The molecule has 0 radical (unpaired) electrons. The minimum Gasteiger partial charge on any atom is -0.445 e. The van der Waals surface area contributed by atoms with Crippen molar-refractivity contribution in [2.24, 2.45) is 5.73 Å². The van der Waals surface area contributed by atoms with E-state index in [1.807, 2.05) is 30.5 Å². The number of thioether (sulfide) groups is 1. The summed E-state index contributed by atoms with van der Waals surface area (Å²) in [6.07, 6.45) is 1.27. The van der Waals surface area contributed by atoms with Gasteiger partial charge in [0, 0.05) is 4.90 Å². The second-order valence-corrected chi connectivity index (χ2v) is 3.34. The van der Waals surface area contributed by atoms with E-state index in [2.05, 4.69) is 4.74 Å². The Labute approximate surface area is 81.3 Å². The highest BCUT2D eigenvalue weighted by molar-refractivity contribution is 7.98. The molecule has 0 aromatic heterocycles. The van der Waals surface area contributed by atoms with Crippen molar-refractivity contribution in [2.45, 2.75) is 11.5 Å². The Morgan fingerprint density at radius 1 is 1.46 bits per heavy atom. The quantitative estimate of drug-likeness (QED) is 0.754. The third-order valence-corrected chi connectivity index (χ3v) is 2.28. The van der Waals surface area contributed by atoms with Crippen LogP contribution in [0.4, 0.5) is 4.79 Å². The molecule has 0 heterocycles. The number of ether oxygens (including phenoxy) is 1. The van der Waals surface area contributed by atoms with Crippen LogP contribution in [0.15, 0.2) is 29.2 Å². The van der Waals surface area contributed by atoms with Crippen molar-refractivity contribution in [2.75, 3.05) is 6.26 Å². The van der Waals surface area contributed by atoms with Gasteiger partial charge in [-0.15, -0.1) is 11.8 Å². The van der Waals surface area contributed by atoms with Crippen molar-refractivity contribution in [1.82, 2.24) is 0 Å². The molecular formula is C9H11NO2S. The first-order valence-electron chi connectivity index (χ1n) is 3.77. The van der Waals surface area contributed by atoms with E-state index in [1.54, 1.807) is 11.8 Å². The Kier molecular flexibility index (Phi) is 3.64. The Bertz CT molecular complexity index is 284. The number of amides is 1. The number of hydrogen-bond donors (Lipinski definition) is 1. The normalized spacial score (nSPS) is 9.62. The van der Waals surface area contributed by atoms with Gasteiger partial charge in [-0.1, -0.05) is 12.1 Å². The SMILES string of the molecule is CSc1ccc(COC(N)=O)cc1. The lowest BCUT2D eigenvalue weighted by Gasteiger charge is -2.02. The van der Waals surface area contributed by atoms with Crippen LogP contribution in [-0.2, 0) is 11.3 Å². The molecule has 0 saturated heterocycles. The number of primary amides is 1. The average molecular weight is 197 g/mol. The van der Waals surface area contributed by atoms with Gasteiger partial charge in [-0.3, -0.25) is 0 Å². The molecule has 1 amide bonds. The summed E-state index contributed by atoms with van der Waals surface area (Å²) in [6.45, 7) is 0.240. The lowest BCUT2D eigenvalue weighted by molar-refractivity contribution is 0.150. The maximum atomic E-state index is 10.3. The summed E-state index contributed by atoms with van der Waals surface area (Å²) in [7, 11) is 0. The molecule has 1 aromatic rings. The highest BCUT2D eigenvalue weighted by Gasteiger charge is 1.96. The van der Waals surface area contributed by atoms with E-state index in [4.69, 9.17) is 5.73 Å². The third-order valence-electron chi connectivity index (χ3n) is 1.54. The van der Waals surface area contributed by atoms with E-state index in [0.717, 1.165) is 5.56 Å². The second kappa shape index (κ2) is 4.77. The van der Waals surface area contributed by atoms with Gasteiger partial charge in [0.1, 0.15) is 6.61 Å². The van der Waals surface area contributed by atoms with Crippen LogP contribution in [0.3, 0.4) is 0 Å². The molecular weight excluding hydrogens is 186 g/mol. The first-order chi connectivity index (χ1) is 6.22. The van der Waals surface area contributed by atoms with Crippen LogP contribution in [0.2, 0.25) is 0 Å². The van der Waals surface area contributed by atoms with Gasteiger partial charge in [-0.05, 0) is 24.0 Å². The summed E-state index contributed by atoms with van der Waals surface area (Å²) in [5.41, 5.74) is 5.77. The molecule has 0 aliphatic carbocycles. The van der Waals surface area contributed by atoms with Gasteiger partial charge >= 0.3 is 6.09 Å². The van der Waals surface area contributed by atoms with Gasteiger partial charge < -0.3 is 10.5 Å². The van der Waals surface area contributed by atoms with Crippen LogP contribution in [0.5, 0.6) is 0 Å². The zero-order chi connectivity index (χ0) is 9.68. The molecule has 13 heavy (non-hydrogen) atoms. The minimum atomic E-state index is -0.742. The number of hydrogen-bond acceptors (Lipinski definition) is 3. The maximum Gasteiger partial charge on any atom is 0.404 e. The van der Waals surface area contributed by atoms with Crippen molar-refractivity contribution >= 4 is 17.9 Å². The molecule has 70 valence electrons. The Balaban J connectivity index is 2.54. The van der Waals surface area contributed by atoms with E-state index >= 15 is 0 Å². The topological polar surface area (TPSA) is 52.3 Å². The molecule has 0 atom stereocenters. The lowest BCUT2D eigenvalue weighted by Crippen LogP contribution is -2.12. The minimum absolute atomic E-state index is 0.240. The molecule has 0 aliphatic heterocycles. The van der Waals surface area contributed by atoms with Gasteiger partial charge in [-0.2, -0.15) is 0 Å². The molecule has 3 nitrogen and oxygen atoms in total. The smallest absolute Gasteiger partial charge is 0.404 e. The van der Waals surface area contributed by atoms with Gasteiger partial charge in [0.2, 0.25) is 0 Å². The monoisotopic (exact) mass is 197 g/mol. The van der Waals surface area contributed by atoms with Crippen molar-refractivity contribution in [3.05, 3.63) is 29.8 Å². The van der Waals surface area contributed by atoms with E-state index in [1.165, 1.54) is 4.90 Å². The van der Waals surface area contributed by atoms with Crippen LogP contribution >= 0.6 is 11.8 Å².